The highest BCUT2D eigenvalue weighted by Gasteiger charge is 2.28. The second-order valence-electron chi connectivity index (χ2n) is 7.69. The average molecular weight is 287 g/mol. The summed E-state index contributed by atoms with van der Waals surface area (Å²) >= 11 is 0. The Bertz CT molecular complexity index is 418. The second-order valence-corrected chi connectivity index (χ2v) is 7.69. The van der Waals surface area contributed by atoms with Crippen molar-refractivity contribution in [3.8, 4) is 0 Å². The van der Waals surface area contributed by atoms with Crippen molar-refractivity contribution >= 4 is 0 Å². The first-order valence-corrected chi connectivity index (χ1v) is 8.85. The maximum Gasteiger partial charge on any atom is 0.0294 e. The van der Waals surface area contributed by atoms with Gasteiger partial charge >= 0.3 is 0 Å². The fourth-order valence-corrected chi connectivity index (χ4v) is 3.64. The average Bonchev–Trinajstić information content (AvgIpc) is 2.44. The molecule has 2 atom stereocenters. The van der Waals surface area contributed by atoms with Gasteiger partial charge in [-0.1, -0.05) is 57.9 Å². The fraction of sp³-hybridized carbons (Fsp3) is 0.700. The van der Waals surface area contributed by atoms with E-state index in [9.17, 15) is 0 Å². The molecule has 0 saturated heterocycles. The van der Waals surface area contributed by atoms with Gasteiger partial charge in [-0.25, -0.2) is 0 Å². The predicted molar refractivity (Wildman–Crippen MR) is 92.6 cm³/mol. The van der Waals surface area contributed by atoms with E-state index in [0.29, 0.717) is 17.5 Å². The Hall–Kier alpha value is -0.820. The summed E-state index contributed by atoms with van der Waals surface area (Å²) in [6.07, 6.45) is 9.18. The lowest BCUT2D eigenvalue weighted by Gasteiger charge is -2.37. The Labute approximate surface area is 131 Å². The van der Waals surface area contributed by atoms with E-state index >= 15 is 0 Å². The lowest BCUT2D eigenvalue weighted by Crippen LogP contribution is -2.38. The summed E-state index contributed by atoms with van der Waals surface area (Å²) in [5, 5.41) is 3.85. The van der Waals surface area contributed by atoms with Gasteiger partial charge in [0, 0.05) is 12.1 Å². The molecule has 1 N–H and O–H groups in total. The molecule has 2 unspecified atom stereocenters. The zero-order valence-electron chi connectivity index (χ0n) is 14.4. The highest BCUT2D eigenvalue weighted by molar-refractivity contribution is 5.25. The van der Waals surface area contributed by atoms with Crippen molar-refractivity contribution in [2.45, 2.75) is 84.7 Å². The largest absolute Gasteiger partial charge is 0.307 e. The van der Waals surface area contributed by atoms with E-state index < -0.39 is 0 Å². The molecule has 0 aromatic heterocycles. The van der Waals surface area contributed by atoms with Crippen molar-refractivity contribution in [3.63, 3.8) is 0 Å². The number of nitrogens with one attached hydrogen (secondary N) is 1. The van der Waals surface area contributed by atoms with Gasteiger partial charge in [0.15, 0.2) is 0 Å². The minimum atomic E-state index is 0.462. The highest BCUT2D eigenvalue weighted by Crippen LogP contribution is 2.35. The van der Waals surface area contributed by atoms with Crippen molar-refractivity contribution in [1.82, 2.24) is 5.32 Å². The van der Waals surface area contributed by atoms with Crippen molar-refractivity contribution in [3.05, 3.63) is 35.4 Å². The van der Waals surface area contributed by atoms with Gasteiger partial charge in [-0.15, -0.1) is 0 Å². The summed E-state index contributed by atoms with van der Waals surface area (Å²) in [5.74, 6) is 0. The molecule has 1 saturated carbocycles. The van der Waals surface area contributed by atoms with E-state index in [1.165, 1.54) is 56.1 Å². The van der Waals surface area contributed by atoms with Crippen LogP contribution < -0.4 is 5.32 Å². The van der Waals surface area contributed by atoms with Crippen LogP contribution in [0.3, 0.4) is 0 Å². The molecule has 0 bridgehead atoms. The van der Waals surface area contributed by atoms with Gasteiger partial charge in [0.2, 0.25) is 0 Å². The number of aryl methyl sites for hydroxylation is 1. The minimum absolute atomic E-state index is 0.462. The lowest BCUT2D eigenvalue weighted by molar-refractivity contribution is 0.191. The van der Waals surface area contributed by atoms with E-state index in [-0.39, 0.29) is 0 Å². The van der Waals surface area contributed by atoms with Crippen molar-refractivity contribution in [2.75, 3.05) is 0 Å². The lowest BCUT2D eigenvalue weighted by atomic mass is 9.75. The van der Waals surface area contributed by atoms with Crippen molar-refractivity contribution in [1.29, 1.82) is 0 Å². The van der Waals surface area contributed by atoms with Crippen LogP contribution in [0.25, 0.3) is 0 Å². The van der Waals surface area contributed by atoms with Crippen LogP contribution >= 0.6 is 0 Å². The quantitative estimate of drug-likeness (QED) is 0.713. The smallest absolute Gasteiger partial charge is 0.0294 e. The van der Waals surface area contributed by atoms with Gasteiger partial charge in [-0.2, -0.15) is 0 Å². The first-order valence-electron chi connectivity index (χ1n) is 8.85. The van der Waals surface area contributed by atoms with Gasteiger partial charge in [0.25, 0.3) is 0 Å². The molecular weight excluding hydrogens is 254 g/mol. The van der Waals surface area contributed by atoms with Crippen molar-refractivity contribution in [2.24, 2.45) is 5.41 Å². The number of hydrogen-bond acceptors (Lipinski definition) is 1. The summed E-state index contributed by atoms with van der Waals surface area (Å²) in [6, 6.07) is 10.4. The maximum absolute atomic E-state index is 3.85. The van der Waals surface area contributed by atoms with E-state index in [1.807, 2.05) is 0 Å². The molecule has 0 spiro atoms. The number of hydrogen-bond donors (Lipinski definition) is 1. The molecule has 0 aliphatic heterocycles. The van der Waals surface area contributed by atoms with Gasteiger partial charge < -0.3 is 5.32 Å². The Morgan fingerprint density at radius 2 is 1.95 bits per heavy atom. The highest BCUT2D eigenvalue weighted by atomic mass is 14.9. The first-order chi connectivity index (χ1) is 10.00. The van der Waals surface area contributed by atoms with Crippen LogP contribution in [0.2, 0.25) is 0 Å². The van der Waals surface area contributed by atoms with Gasteiger partial charge in [-0.05, 0) is 55.6 Å². The third-order valence-corrected chi connectivity index (χ3v) is 4.99. The maximum atomic E-state index is 3.85. The number of unbranched alkanes of at least 4 members (excludes halogenated alkanes) is 1. The molecule has 1 aliphatic carbocycles. The zero-order chi connectivity index (χ0) is 15.3. The molecule has 0 amide bonds. The van der Waals surface area contributed by atoms with Gasteiger partial charge in [-0.3, -0.25) is 0 Å². The van der Waals surface area contributed by atoms with E-state index in [0.717, 1.165) is 0 Å². The third-order valence-electron chi connectivity index (χ3n) is 4.99. The van der Waals surface area contributed by atoms with Crippen LogP contribution in [-0.2, 0) is 6.42 Å². The van der Waals surface area contributed by atoms with Crippen LogP contribution in [0.4, 0.5) is 0 Å². The molecule has 21 heavy (non-hydrogen) atoms. The summed E-state index contributed by atoms with van der Waals surface area (Å²) in [7, 11) is 0. The Morgan fingerprint density at radius 3 is 2.57 bits per heavy atom. The zero-order valence-corrected chi connectivity index (χ0v) is 14.4. The number of rotatable bonds is 6. The van der Waals surface area contributed by atoms with Crippen molar-refractivity contribution < 1.29 is 0 Å². The van der Waals surface area contributed by atoms with Crippen LogP contribution in [0.5, 0.6) is 0 Å². The Kier molecular flexibility index (Phi) is 5.87. The molecule has 1 heteroatoms. The van der Waals surface area contributed by atoms with Crippen LogP contribution in [0.15, 0.2) is 24.3 Å². The molecule has 0 radical (unpaired) electrons. The second kappa shape index (κ2) is 7.45. The summed E-state index contributed by atoms with van der Waals surface area (Å²) in [5.41, 5.74) is 3.42. The third kappa shape index (κ3) is 5.14. The summed E-state index contributed by atoms with van der Waals surface area (Å²) < 4.78 is 0. The summed E-state index contributed by atoms with van der Waals surface area (Å²) in [6.45, 7) is 9.39. The summed E-state index contributed by atoms with van der Waals surface area (Å²) in [4.78, 5) is 0. The molecule has 0 heterocycles. The SMILES string of the molecule is CCCCc1ccc(C(C)NC2CCCC(C)(C)C2)cc1. The van der Waals surface area contributed by atoms with Gasteiger partial charge in [0.05, 0.1) is 0 Å². The minimum Gasteiger partial charge on any atom is -0.307 e. The molecule has 1 aromatic carbocycles. The molecule has 1 nitrogen and oxygen atoms in total. The van der Waals surface area contributed by atoms with E-state index in [4.69, 9.17) is 0 Å². The van der Waals surface area contributed by atoms with E-state index in [2.05, 4.69) is 57.3 Å². The first kappa shape index (κ1) is 16.5. The molecule has 1 fully saturated rings. The monoisotopic (exact) mass is 287 g/mol. The number of benzene rings is 1. The predicted octanol–water partition coefficient (Wildman–Crippen LogP) is 5.65. The van der Waals surface area contributed by atoms with Crippen LogP contribution in [0.1, 0.15) is 83.4 Å². The molecule has 118 valence electrons. The van der Waals surface area contributed by atoms with E-state index in [1.54, 1.807) is 0 Å². The molecule has 1 aromatic rings. The van der Waals surface area contributed by atoms with Crippen LogP contribution in [0, 0.1) is 5.41 Å². The molecule has 1 aliphatic rings. The normalized spacial score (nSPS) is 23.0. The molecular formula is C20H33N. The molecule has 2 rings (SSSR count). The van der Waals surface area contributed by atoms with Crippen LogP contribution in [-0.4, -0.2) is 6.04 Å². The standard InChI is InChI=1S/C20H33N/c1-5-6-8-17-10-12-18(13-11-17)16(2)21-19-9-7-14-20(3,4)15-19/h10-13,16,19,21H,5-9,14-15H2,1-4H3. The topological polar surface area (TPSA) is 12.0 Å². The van der Waals surface area contributed by atoms with Gasteiger partial charge in [0.1, 0.15) is 0 Å². The Morgan fingerprint density at radius 1 is 1.24 bits per heavy atom. The Balaban J connectivity index is 1.89. The fourth-order valence-electron chi connectivity index (χ4n) is 3.64.